The fourth-order valence-electron chi connectivity index (χ4n) is 8.55. The van der Waals surface area contributed by atoms with Gasteiger partial charge in [-0.25, -0.2) is 4.79 Å². The van der Waals surface area contributed by atoms with Crippen LogP contribution >= 0.6 is 0 Å². The van der Waals surface area contributed by atoms with Gasteiger partial charge in [-0.05, 0) is 41.0 Å². The van der Waals surface area contributed by atoms with Gasteiger partial charge in [0.05, 0.1) is 53.1 Å². The molecule has 2 fully saturated rings. The molecule has 0 spiro atoms. The van der Waals surface area contributed by atoms with Crippen molar-refractivity contribution < 1.29 is 104 Å². The number of methoxy groups -OCH3 is 2. The Hall–Kier alpha value is -7.15. The van der Waals surface area contributed by atoms with Gasteiger partial charge >= 0.3 is 41.9 Å². The van der Waals surface area contributed by atoms with Gasteiger partial charge in [0.25, 0.3) is 5.79 Å². The Morgan fingerprint density at radius 1 is 0.675 bits per heavy atom. The number of nitrogens with one attached hydrogen (secondary N) is 1. The topological polar surface area (TPSA) is 234 Å². The molecule has 2 saturated heterocycles. The molecule has 0 bridgehead atoms. The van der Waals surface area contributed by atoms with Crippen LogP contribution < -0.4 is 14.8 Å². The molecule has 2 aliphatic heterocycles. The van der Waals surface area contributed by atoms with Crippen LogP contribution in [0.2, 0.25) is 0 Å². The van der Waals surface area contributed by atoms with E-state index in [0.717, 1.165) is 40.4 Å². The van der Waals surface area contributed by atoms with Crippen molar-refractivity contribution in [2.75, 3.05) is 27.4 Å². The largest absolute Gasteiger partial charge is 0.497 e. The molecular formula is C54H60F3NO19. The van der Waals surface area contributed by atoms with Gasteiger partial charge in [0, 0.05) is 27.7 Å². The molecule has 77 heavy (non-hydrogen) atoms. The summed E-state index contributed by atoms with van der Waals surface area (Å²) < 4.78 is 122. The highest BCUT2D eigenvalue weighted by Crippen LogP contribution is 2.42. The van der Waals surface area contributed by atoms with Crippen LogP contribution in [-0.4, -0.2) is 136 Å². The van der Waals surface area contributed by atoms with Crippen LogP contribution in [0, 0.1) is 0 Å². The summed E-state index contributed by atoms with van der Waals surface area (Å²) >= 11 is 0. The molecule has 23 heteroatoms. The molecule has 2 aliphatic rings. The number of halogens is 3. The minimum Gasteiger partial charge on any atom is -0.497 e. The van der Waals surface area contributed by atoms with Crippen molar-refractivity contribution in [1.82, 2.24) is 5.32 Å². The van der Waals surface area contributed by atoms with Gasteiger partial charge in [0.15, 0.2) is 12.2 Å². The summed E-state index contributed by atoms with van der Waals surface area (Å²) in [5.74, 6) is -10.7. The van der Waals surface area contributed by atoms with E-state index in [-0.39, 0.29) is 32.2 Å². The highest BCUT2D eigenvalue weighted by Gasteiger charge is 2.63. The Kier molecular flexibility index (Phi) is 21.3. The summed E-state index contributed by atoms with van der Waals surface area (Å²) in [6.45, 7) is 2.21. The third-order valence-corrected chi connectivity index (χ3v) is 11.9. The van der Waals surface area contributed by atoms with Gasteiger partial charge in [0.2, 0.25) is 6.29 Å². The van der Waals surface area contributed by atoms with E-state index in [4.69, 9.17) is 61.6 Å². The van der Waals surface area contributed by atoms with Crippen molar-refractivity contribution in [1.29, 1.82) is 0 Å². The van der Waals surface area contributed by atoms with Crippen molar-refractivity contribution in [3.8, 4) is 11.5 Å². The van der Waals surface area contributed by atoms with Crippen LogP contribution in [0.4, 0.5) is 13.2 Å². The van der Waals surface area contributed by atoms with Gasteiger partial charge < -0.3 is 66.9 Å². The number of hydrogen-bond donors (Lipinski definition) is 1. The maximum Gasteiger partial charge on any atom is 0.471 e. The van der Waals surface area contributed by atoms with Crippen LogP contribution in [0.15, 0.2) is 115 Å². The molecule has 20 nitrogen and oxygen atoms in total. The fourth-order valence-corrected chi connectivity index (χ4v) is 8.55. The minimum atomic E-state index is -5.60. The number of esters is 5. The normalized spacial score (nSPS) is 24.0. The predicted molar refractivity (Wildman–Crippen MR) is 259 cm³/mol. The zero-order valence-corrected chi connectivity index (χ0v) is 42.9. The molecule has 0 saturated carbocycles. The summed E-state index contributed by atoms with van der Waals surface area (Å²) in [6, 6.07) is 31.0. The summed E-state index contributed by atoms with van der Waals surface area (Å²) in [5, 5.41) is 1.74. The van der Waals surface area contributed by atoms with Crippen LogP contribution in [-0.2, 0) is 101 Å². The first-order valence-electron chi connectivity index (χ1n) is 24.1. The van der Waals surface area contributed by atoms with Crippen molar-refractivity contribution in [2.45, 2.75) is 127 Å². The monoisotopic (exact) mass is 1080 g/mol. The average Bonchev–Trinajstić information content (AvgIpc) is 3.41. The summed E-state index contributed by atoms with van der Waals surface area (Å²) in [6.07, 6.45) is -22.6. The lowest BCUT2D eigenvalue weighted by atomic mass is 9.87. The second-order valence-electron chi connectivity index (χ2n) is 17.6. The Balaban J connectivity index is 1.59. The Morgan fingerprint density at radius 2 is 1.22 bits per heavy atom. The lowest BCUT2D eigenvalue weighted by Gasteiger charge is -2.52. The van der Waals surface area contributed by atoms with E-state index in [9.17, 15) is 41.9 Å². The number of carbonyl (C=O) groups is 6. The van der Waals surface area contributed by atoms with E-state index in [1.165, 1.54) is 7.11 Å². The number of carbonyl (C=O) groups excluding carboxylic acids is 6. The molecule has 11 atom stereocenters. The SMILES string of the molecule is COC(=O)[C@]1(O[C@H]2[C@@H](OCc3ccccc3)[C@@H](COCc3ccccc3)O[C@@H](Oc3ccc(OC)cc3)[C@@H]2OCc2ccccc2)C[C@H](OC(C)=O)[C@@H](NC(=O)C(F)(F)F)[C@H]([C@H](OC(C)=O)[C@@H](COC(C)=O)OC(C)=O)O1. The maximum absolute atomic E-state index is 14.9. The molecule has 0 aromatic heterocycles. The van der Waals surface area contributed by atoms with Crippen molar-refractivity contribution in [3.05, 3.63) is 132 Å². The van der Waals surface area contributed by atoms with Gasteiger partial charge in [-0.1, -0.05) is 91.0 Å². The first kappa shape index (κ1) is 59.1. The van der Waals surface area contributed by atoms with Crippen molar-refractivity contribution >= 4 is 35.8 Å². The lowest BCUT2D eigenvalue weighted by molar-refractivity contribution is -0.373. The second kappa shape index (κ2) is 27.8. The number of alkyl halides is 3. The van der Waals surface area contributed by atoms with Crippen LogP contribution in [0.25, 0.3) is 0 Å². The van der Waals surface area contributed by atoms with Crippen LogP contribution in [0.5, 0.6) is 11.5 Å². The quantitative estimate of drug-likeness (QED) is 0.0661. The Bertz CT molecular complexity index is 2560. The number of amides is 1. The molecule has 4 aromatic rings. The number of hydrogen-bond acceptors (Lipinski definition) is 19. The standard InChI is InChI=1S/C54H60F3NO19/c1-32(59)68-31-43(72-34(3)61)46(73-35(4)62)47-44(58-51(63)54(55,56)57)41(71-33(2)60)26-53(76-47,52(64)66-6)77-48-45(69-28-37-18-12-8-13-19-37)42(30-67-27-36-16-10-7-11-17-36)75-50(74-40-24-22-39(65-5)23-25-40)49(48)70-29-38-20-14-9-15-21-38/h7-25,41-50H,26-31H2,1-6H3,(H,58,63)/t41-,42+,43+,44+,45-,46+,47+,48-,49+,50+,53+/m0/s1. The number of rotatable bonds is 24. The van der Waals surface area contributed by atoms with Crippen molar-refractivity contribution in [2.24, 2.45) is 0 Å². The summed E-state index contributed by atoms with van der Waals surface area (Å²) in [4.78, 5) is 79.0. The van der Waals surface area contributed by atoms with E-state index in [2.05, 4.69) is 0 Å². The molecule has 4 aromatic carbocycles. The molecule has 1 N–H and O–H groups in total. The second-order valence-corrected chi connectivity index (χ2v) is 17.6. The molecule has 0 radical (unpaired) electrons. The third kappa shape index (κ3) is 16.9. The highest BCUT2D eigenvalue weighted by molar-refractivity contribution is 5.82. The average molecular weight is 1080 g/mol. The molecule has 1 amide bonds. The molecular weight excluding hydrogens is 1020 g/mol. The highest BCUT2D eigenvalue weighted by atomic mass is 19.4. The molecule has 416 valence electrons. The van der Waals surface area contributed by atoms with E-state index in [0.29, 0.717) is 16.9 Å². The van der Waals surface area contributed by atoms with E-state index >= 15 is 0 Å². The minimum absolute atomic E-state index is 0.0654. The van der Waals surface area contributed by atoms with Crippen molar-refractivity contribution in [3.63, 3.8) is 0 Å². The van der Waals surface area contributed by atoms with Crippen LogP contribution in [0.3, 0.4) is 0 Å². The molecule has 2 heterocycles. The molecule has 6 rings (SSSR count). The first-order chi connectivity index (χ1) is 36.8. The fraction of sp³-hybridized carbons (Fsp3) is 0.444. The van der Waals surface area contributed by atoms with E-state index < -0.39 is 122 Å². The van der Waals surface area contributed by atoms with E-state index in [1.54, 1.807) is 90.2 Å². The summed E-state index contributed by atoms with van der Waals surface area (Å²) in [5.41, 5.74) is 2.07. The Labute approximate surface area is 441 Å². The first-order valence-corrected chi connectivity index (χ1v) is 24.1. The summed E-state index contributed by atoms with van der Waals surface area (Å²) in [7, 11) is 2.39. The molecule has 0 unspecified atom stereocenters. The Morgan fingerprint density at radius 3 is 1.73 bits per heavy atom. The lowest BCUT2D eigenvalue weighted by Crippen LogP contribution is -2.72. The van der Waals surface area contributed by atoms with Gasteiger partial charge in [-0.15, -0.1) is 0 Å². The van der Waals surface area contributed by atoms with Gasteiger partial charge in [0.1, 0.15) is 54.7 Å². The molecule has 0 aliphatic carbocycles. The van der Waals surface area contributed by atoms with Gasteiger partial charge in [-0.2, -0.15) is 13.2 Å². The predicted octanol–water partition coefficient (Wildman–Crippen LogP) is 5.64. The van der Waals surface area contributed by atoms with Gasteiger partial charge in [-0.3, -0.25) is 24.0 Å². The third-order valence-electron chi connectivity index (χ3n) is 11.9. The smallest absolute Gasteiger partial charge is 0.471 e. The zero-order chi connectivity index (χ0) is 55.7. The zero-order valence-electron chi connectivity index (χ0n) is 42.9. The van der Waals surface area contributed by atoms with E-state index in [1.807, 2.05) is 30.3 Å². The maximum atomic E-state index is 14.9. The number of benzene rings is 4. The van der Waals surface area contributed by atoms with Crippen LogP contribution in [0.1, 0.15) is 50.8 Å². The number of ether oxygens (including phenoxy) is 13.